The molecule has 0 fully saturated rings. The molecule has 0 aliphatic rings. The number of alkyl halides is 2. The van der Waals surface area contributed by atoms with Crippen molar-refractivity contribution in [1.29, 1.82) is 0 Å². The van der Waals surface area contributed by atoms with Crippen LogP contribution in [0.1, 0.15) is 17.1 Å². The van der Waals surface area contributed by atoms with Gasteiger partial charge >= 0.3 is 0 Å². The molecule has 1 aromatic carbocycles. The van der Waals surface area contributed by atoms with E-state index in [1.54, 1.807) is 19.2 Å². The first kappa shape index (κ1) is 15.7. The van der Waals surface area contributed by atoms with Crippen molar-refractivity contribution in [3.05, 3.63) is 47.4 Å². The summed E-state index contributed by atoms with van der Waals surface area (Å²) < 4.78 is 34.9. The quantitative estimate of drug-likeness (QED) is 0.806. The molecule has 0 radical (unpaired) electrons. The number of thioether (sulfide) groups is 1. The molecule has 3 nitrogen and oxygen atoms in total. The smallest absolute Gasteiger partial charge is 0.284 e. The first-order chi connectivity index (χ1) is 10.1. The number of ether oxygens (including phenoxy) is 1. The first-order valence-corrected chi connectivity index (χ1v) is 7.49. The lowest BCUT2D eigenvalue weighted by atomic mass is 10.2. The Hall–Kier alpha value is -1.69. The number of anilines is 1. The second-order valence-electron chi connectivity index (χ2n) is 4.48. The Labute approximate surface area is 126 Å². The Morgan fingerprint density at radius 3 is 2.67 bits per heavy atom. The Morgan fingerprint density at radius 1 is 1.24 bits per heavy atom. The monoisotopic (exact) mass is 313 g/mol. The average molecular weight is 313 g/mol. The van der Waals surface area contributed by atoms with Gasteiger partial charge in [-0.2, -0.15) is 8.78 Å². The van der Waals surface area contributed by atoms with Crippen molar-refractivity contribution in [1.82, 2.24) is 0 Å². The first-order valence-electron chi connectivity index (χ1n) is 6.44. The molecule has 6 heteroatoms. The van der Waals surface area contributed by atoms with Crippen molar-refractivity contribution in [3.8, 4) is 5.75 Å². The molecule has 0 saturated heterocycles. The van der Waals surface area contributed by atoms with Gasteiger partial charge in [-0.05, 0) is 42.8 Å². The predicted molar refractivity (Wildman–Crippen MR) is 81.1 cm³/mol. The minimum absolute atomic E-state index is 0.180. The maximum Gasteiger partial charge on any atom is 0.284 e. The van der Waals surface area contributed by atoms with E-state index in [0.717, 1.165) is 17.0 Å². The van der Waals surface area contributed by atoms with Crippen molar-refractivity contribution < 1.29 is 17.9 Å². The van der Waals surface area contributed by atoms with Gasteiger partial charge in [0.2, 0.25) is 0 Å². The summed E-state index contributed by atoms with van der Waals surface area (Å²) in [5, 5.41) is 3.23. The van der Waals surface area contributed by atoms with Crippen molar-refractivity contribution in [2.24, 2.45) is 0 Å². The lowest BCUT2D eigenvalue weighted by Crippen LogP contribution is -1.99. The topological polar surface area (TPSA) is 34.4 Å². The van der Waals surface area contributed by atoms with Gasteiger partial charge in [-0.15, -0.1) is 0 Å². The molecule has 0 amide bonds. The van der Waals surface area contributed by atoms with Gasteiger partial charge in [0, 0.05) is 5.69 Å². The number of furan rings is 1. The second-order valence-corrected chi connectivity index (χ2v) is 5.46. The van der Waals surface area contributed by atoms with Crippen LogP contribution >= 0.6 is 11.8 Å². The summed E-state index contributed by atoms with van der Waals surface area (Å²) in [5.74, 6) is -0.0839. The summed E-state index contributed by atoms with van der Waals surface area (Å²) in [6.07, 6.45) is 0. The minimum atomic E-state index is -2.38. The number of benzene rings is 1. The lowest BCUT2D eigenvalue weighted by Gasteiger charge is -2.08. The van der Waals surface area contributed by atoms with Crippen LogP contribution in [0.2, 0.25) is 0 Å². The van der Waals surface area contributed by atoms with Crippen molar-refractivity contribution in [3.63, 3.8) is 0 Å². The van der Waals surface area contributed by atoms with Gasteiger partial charge in [-0.1, -0.05) is 11.8 Å². The molecule has 1 N–H and O–H groups in total. The van der Waals surface area contributed by atoms with E-state index in [1.807, 2.05) is 25.1 Å². The fourth-order valence-corrected chi connectivity index (χ4v) is 2.36. The standard InChI is InChI=1S/C15H17F2NO2S/c1-10-7-11(3-6-14(10)19-2)18-8-12-4-5-13(20-12)9-21-15(16)17/h3-7,15,18H,8-9H2,1-2H3. The van der Waals surface area contributed by atoms with E-state index < -0.39 is 5.76 Å². The molecule has 0 unspecified atom stereocenters. The van der Waals surface area contributed by atoms with Crippen LogP contribution in [0.3, 0.4) is 0 Å². The average Bonchev–Trinajstić information content (AvgIpc) is 2.91. The van der Waals surface area contributed by atoms with Crippen LogP contribution in [0.5, 0.6) is 5.75 Å². The number of rotatable bonds is 7. The van der Waals surface area contributed by atoms with Crippen LogP contribution < -0.4 is 10.1 Å². The zero-order valence-corrected chi connectivity index (χ0v) is 12.7. The van der Waals surface area contributed by atoms with E-state index in [2.05, 4.69) is 5.32 Å². The van der Waals surface area contributed by atoms with Crippen LogP contribution in [-0.4, -0.2) is 12.9 Å². The fraction of sp³-hybridized carbons (Fsp3) is 0.333. The molecular weight excluding hydrogens is 296 g/mol. The number of methoxy groups -OCH3 is 1. The van der Waals surface area contributed by atoms with Crippen LogP contribution in [-0.2, 0) is 12.3 Å². The SMILES string of the molecule is COc1ccc(NCc2ccc(CSC(F)F)o2)cc1C. The van der Waals surface area contributed by atoms with Gasteiger partial charge in [0.05, 0.1) is 19.4 Å². The van der Waals surface area contributed by atoms with Gasteiger partial charge < -0.3 is 14.5 Å². The molecule has 0 spiro atoms. The maximum atomic E-state index is 12.1. The molecule has 0 saturated carbocycles. The third kappa shape index (κ3) is 4.67. The van der Waals surface area contributed by atoms with Crippen LogP contribution in [0, 0.1) is 6.92 Å². The normalized spacial score (nSPS) is 10.9. The maximum absolute atomic E-state index is 12.1. The third-order valence-electron chi connectivity index (χ3n) is 2.93. The Morgan fingerprint density at radius 2 is 2.00 bits per heavy atom. The van der Waals surface area contributed by atoms with Crippen molar-refractivity contribution in [2.45, 2.75) is 25.0 Å². The summed E-state index contributed by atoms with van der Waals surface area (Å²) in [5.41, 5.74) is 1.99. The molecule has 0 aliphatic heterocycles. The highest BCUT2D eigenvalue weighted by atomic mass is 32.2. The Balaban J connectivity index is 1.89. The van der Waals surface area contributed by atoms with Gasteiger partial charge in [0.15, 0.2) is 0 Å². The van der Waals surface area contributed by atoms with Crippen molar-refractivity contribution >= 4 is 17.4 Å². The van der Waals surface area contributed by atoms with Crippen LogP contribution in [0.25, 0.3) is 0 Å². The number of halogens is 2. The van der Waals surface area contributed by atoms with Gasteiger partial charge in [0.25, 0.3) is 5.76 Å². The molecule has 2 aromatic rings. The second kappa shape index (κ2) is 7.36. The number of aryl methyl sites for hydroxylation is 1. The highest BCUT2D eigenvalue weighted by Gasteiger charge is 2.07. The molecule has 0 aliphatic carbocycles. The molecule has 2 rings (SSSR count). The van der Waals surface area contributed by atoms with E-state index in [4.69, 9.17) is 9.15 Å². The molecule has 0 atom stereocenters. The summed E-state index contributed by atoms with van der Waals surface area (Å²) in [7, 11) is 1.64. The number of hydrogen-bond donors (Lipinski definition) is 1. The molecule has 114 valence electrons. The van der Waals surface area contributed by atoms with E-state index in [9.17, 15) is 8.78 Å². The summed E-state index contributed by atoms with van der Waals surface area (Å²) in [6, 6.07) is 9.32. The predicted octanol–water partition coefficient (Wildman–Crippen LogP) is 4.66. The van der Waals surface area contributed by atoms with Crippen molar-refractivity contribution in [2.75, 3.05) is 12.4 Å². The zero-order chi connectivity index (χ0) is 15.2. The lowest BCUT2D eigenvalue weighted by molar-refractivity contribution is 0.251. The van der Waals surface area contributed by atoms with Gasteiger partial charge in [-0.3, -0.25) is 0 Å². The number of hydrogen-bond acceptors (Lipinski definition) is 4. The molecule has 0 bridgehead atoms. The fourth-order valence-electron chi connectivity index (χ4n) is 1.92. The van der Waals surface area contributed by atoms with E-state index in [0.29, 0.717) is 29.8 Å². The van der Waals surface area contributed by atoms with Crippen LogP contribution in [0.15, 0.2) is 34.7 Å². The Bertz CT molecular complexity index is 587. The molecule has 1 aromatic heterocycles. The van der Waals surface area contributed by atoms with E-state index >= 15 is 0 Å². The highest BCUT2D eigenvalue weighted by molar-refractivity contribution is 7.98. The van der Waals surface area contributed by atoms with Crippen LogP contribution in [0.4, 0.5) is 14.5 Å². The highest BCUT2D eigenvalue weighted by Crippen LogP contribution is 2.23. The summed E-state index contributed by atoms with van der Waals surface area (Å²) in [4.78, 5) is 0. The zero-order valence-electron chi connectivity index (χ0n) is 11.9. The van der Waals surface area contributed by atoms with Gasteiger partial charge in [-0.25, -0.2) is 0 Å². The molecule has 1 heterocycles. The van der Waals surface area contributed by atoms with E-state index in [-0.39, 0.29) is 5.75 Å². The van der Waals surface area contributed by atoms with E-state index in [1.165, 1.54) is 0 Å². The largest absolute Gasteiger partial charge is 0.496 e. The van der Waals surface area contributed by atoms with Gasteiger partial charge in [0.1, 0.15) is 17.3 Å². The summed E-state index contributed by atoms with van der Waals surface area (Å²) in [6.45, 7) is 2.47. The Kier molecular flexibility index (Phi) is 5.50. The summed E-state index contributed by atoms with van der Waals surface area (Å²) >= 11 is 0.557. The minimum Gasteiger partial charge on any atom is -0.496 e. The number of nitrogens with one attached hydrogen (secondary N) is 1. The molecular formula is C15H17F2NO2S. The third-order valence-corrected chi connectivity index (χ3v) is 3.63. The molecule has 21 heavy (non-hydrogen) atoms.